The van der Waals surface area contributed by atoms with E-state index in [-0.39, 0.29) is 12.3 Å². The predicted molar refractivity (Wildman–Crippen MR) is 142 cm³/mol. The first-order valence-electron chi connectivity index (χ1n) is 11.3. The van der Waals surface area contributed by atoms with Gasteiger partial charge in [-0.05, 0) is 75.7 Å². The highest BCUT2D eigenvalue weighted by molar-refractivity contribution is 6.04. The number of nitrogens with two attached hydrogens (primary N) is 1. The second kappa shape index (κ2) is 10.5. The molecule has 35 heavy (non-hydrogen) atoms. The highest BCUT2D eigenvalue weighted by Crippen LogP contribution is 2.37. The lowest BCUT2D eigenvalue weighted by Gasteiger charge is -2.28. The Morgan fingerprint density at radius 3 is 2.26 bits per heavy atom. The predicted octanol–water partition coefficient (Wildman–Crippen LogP) is 4.28. The monoisotopic (exact) mass is 473 g/mol. The Balaban J connectivity index is 1.55. The van der Waals surface area contributed by atoms with Crippen molar-refractivity contribution in [2.45, 2.75) is 6.23 Å². The number of ether oxygens (including phenoxy) is 1. The van der Waals surface area contributed by atoms with E-state index in [1.807, 2.05) is 99.8 Å². The van der Waals surface area contributed by atoms with Crippen molar-refractivity contribution in [2.24, 2.45) is 0 Å². The molecule has 4 aromatic rings. The lowest BCUT2D eigenvalue weighted by molar-refractivity contribution is 0.0428. The minimum absolute atomic E-state index is 0.143. The number of aromatic nitrogens is 2. The molecule has 182 valence electrons. The fourth-order valence-corrected chi connectivity index (χ4v) is 3.78. The molecule has 0 saturated heterocycles. The van der Waals surface area contributed by atoms with Crippen molar-refractivity contribution in [1.82, 2.24) is 20.0 Å². The molecule has 0 fully saturated rings. The van der Waals surface area contributed by atoms with Gasteiger partial charge in [-0.25, -0.2) is 4.79 Å². The van der Waals surface area contributed by atoms with E-state index in [0.717, 1.165) is 34.3 Å². The van der Waals surface area contributed by atoms with Gasteiger partial charge in [0.25, 0.3) is 0 Å². The SMILES string of the molecule is CN(C)CC(Oc1ccc(-c2ccc(NC(=O)Nc3ccccc3)cc2)c2c(N)n[nH]c12)N(C)C. The largest absolute Gasteiger partial charge is 0.471 e. The molecule has 1 aromatic heterocycles. The van der Waals surface area contributed by atoms with Gasteiger partial charge < -0.3 is 26.0 Å². The second-order valence-corrected chi connectivity index (χ2v) is 8.79. The minimum atomic E-state index is -0.305. The number of hydrogen-bond acceptors (Lipinski definition) is 6. The van der Waals surface area contributed by atoms with Crippen molar-refractivity contribution < 1.29 is 9.53 Å². The number of para-hydroxylation sites is 1. The fraction of sp³-hybridized carbons (Fsp3) is 0.231. The number of nitrogen functional groups attached to an aromatic ring is 1. The molecule has 2 amide bonds. The summed E-state index contributed by atoms with van der Waals surface area (Å²) in [6.45, 7) is 0.728. The number of H-pyrrole nitrogens is 1. The molecule has 3 aromatic carbocycles. The van der Waals surface area contributed by atoms with Crippen LogP contribution in [0.1, 0.15) is 0 Å². The lowest BCUT2D eigenvalue weighted by Crippen LogP contribution is -2.41. The number of aromatic amines is 1. The Kier molecular flexibility index (Phi) is 7.19. The molecule has 0 aliphatic carbocycles. The van der Waals surface area contributed by atoms with Gasteiger partial charge >= 0.3 is 6.03 Å². The van der Waals surface area contributed by atoms with Gasteiger partial charge in [0.05, 0.1) is 5.39 Å². The number of hydrogen-bond donors (Lipinski definition) is 4. The van der Waals surface area contributed by atoms with E-state index in [2.05, 4.69) is 25.7 Å². The molecule has 0 saturated carbocycles. The van der Waals surface area contributed by atoms with Gasteiger partial charge in [0.15, 0.2) is 12.0 Å². The number of likely N-dealkylation sites (N-methyl/N-ethyl adjacent to an activating group) is 2. The Morgan fingerprint density at radius 1 is 0.971 bits per heavy atom. The number of amides is 2. The number of fused-ring (bicyclic) bond motifs is 1. The zero-order valence-corrected chi connectivity index (χ0v) is 20.4. The summed E-state index contributed by atoms with van der Waals surface area (Å²) < 4.78 is 6.32. The molecule has 5 N–H and O–H groups in total. The number of urea groups is 1. The number of carbonyl (C=O) groups excluding carboxylic acids is 1. The zero-order valence-electron chi connectivity index (χ0n) is 20.4. The first-order chi connectivity index (χ1) is 16.8. The van der Waals surface area contributed by atoms with Crippen LogP contribution in [0.3, 0.4) is 0 Å². The van der Waals surface area contributed by atoms with Crippen LogP contribution in [0.25, 0.3) is 22.0 Å². The normalized spacial score (nSPS) is 12.2. The summed E-state index contributed by atoms with van der Waals surface area (Å²) in [5.41, 5.74) is 10.3. The molecular formula is C26H31N7O2. The number of carbonyl (C=O) groups is 1. The number of rotatable bonds is 8. The number of benzene rings is 3. The maximum Gasteiger partial charge on any atom is 0.323 e. The van der Waals surface area contributed by atoms with Crippen LogP contribution in [0.5, 0.6) is 5.75 Å². The van der Waals surface area contributed by atoms with Gasteiger partial charge in [-0.3, -0.25) is 10.00 Å². The van der Waals surface area contributed by atoms with Crippen molar-refractivity contribution in [1.29, 1.82) is 0 Å². The lowest BCUT2D eigenvalue weighted by atomic mass is 10.0. The van der Waals surface area contributed by atoms with Crippen molar-refractivity contribution >= 4 is 34.1 Å². The van der Waals surface area contributed by atoms with Gasteiger partial charge in [0, 0.05) is 17.9 Å². The molecule has 4 rings (SSSR count). The molecule has 0 aliphatic rings. The van der Waals surface area contributed by atoms with Gasteiger partial charge in [0.2, 0.25) is 0 Å². The zero-order chi connectivity index (χ0) is 24.9. The second-order valence-electron chi connectivity index (χ2n) is 8.79. The molecule has 9 heteroatoms. The summed E-state index contributed by atoms with van der Waals surface area (Å²) in [4.78, 5) is 16.4. The molecule has 1 atom stereocenters. The summed E-state index contributed by atoms with van der Waals surface area (Å²) in [5, 5.41) is 13.7. The fourth-order valence-electron chi connectivity index (χ4n) is 3.78. The Morgan fingerprint density at radius 2 is 1.63 bits per heavy atom. The first-order valence-corrected chi connectivity index (χ1v) is 11.3. The topological polar surface area (TPSA) is 112 Å². The standard InChI is InChI=1S/C26H31N7O2/c1-32(2)16-22(33(3)4)35-21-15-14-20(23-24(21)30-31-25(23)27)17-10-12-19(13-11-17)29-26(34)28-18-8-6-5-7-9-18/h5-15,22H,16H2,1-4H3,(H3,27,30,31)(H2,28,29,34). The molecule has 9 nitrogen and oxygen atoms in total. The van der Waals surface area contributed by atoms with E-state index in [1.54, 1.807) is 0 Å². The Hall–Kier alpha value is -4.08. The van der Waals surface area contributed by atoms with Crippen LogP contribution in [0.2, 0.25) is 0 Å². The summed E-state index contributed by atoms with van der Waals surface area (Å²) in [7, 11) is 7.99. The highest BCUT2D eigenvalue weighted by Gasteiger charge is 2.19. The molecule has 1 heterocycles. The molecule has 0 aliphatic heterocycles. The van der Waals surface area contributed by atoms with Gasteiger partial charge in [-0.2, -0.15) is 5.10 Å². The van der Waals surface area contributed by atoms with Crippen LogP contribution in [0.4, 0.5) is 22.0 Å². The van der Waals surface area contributed by atoms with Crippen molar-refractivity contribution in [3.63, 3.8) is 0 Å². The number of anilines is 3. The van der Waals surface area contributed by atoms with Crippen molar-refractivity contribution in [3.8, 4) is 16.9 Å². The van der Waals surface area contributed by atoms with Crippen LogP contribution in [0.15, 0.2) is 66.7 Å². The smallest absolute Gasteiger partial charge is 0.323 e. The summed E-state index contributed by atoms with van der Waals surface area (Å²) >= 11 is 0. The first kappa shape index (κ1) is 24.1. The van der Waals surface area contributed by atoms with E-state index >= 15 is 0 Å². The molecular weight excluding hydrogens is 442 g/mol. The average molecular weight is 474 g/mol. The van der Waals surface area contributed by atoms with Crippen molar-refractivity contribution in [2.75, 3.05) is 51.1 Å². The summed E-state index contributed by atoms with van der Waals surface area (Å²) in [6.07, 6.45) is -0.143. The van der Waals surface area contributed by atoms with E-state index in [1.165, 1.54) is 0 Å². The van der Waals surface area contributed by atoms with Crippen LogP contribution in [-0.2, 0) is 0 Å². The summed E-state index contributed by atoms with van der Waals surface area (Å²) in [6, 6.07) is 20.5. The van der Waals surface area contributed by atoms with E-state index in [0.29, 0.717) is 17.3 Å². The van der Waals surface area contributed by atoms with Crippen LogP contribution in [-0.4, -0.2) is 67.0 Å². The Labute approximate surface area is 204 Å². The number of nitrogens with zero attached hydrogens (tertiary/aromatic N) is 3. The van der Waals surface area contributed by atoms with Crippen molar-refractivity contribution in [3.05, 3.63) is 66.7 Å². The molecule has 0 radical (unpaired) electrons. The van der Waals surface area contributed by atoms with E-state index < -0.39 is 0 Å². The van der Waals surface area contributed by atoms with Crippen LogP contribution in [0, 0.1) is 0 Å². The van der Waals surface area contributed by atoms with Gasteiger partial charge in [-0.1, -0.05) is 30.3 Å². The summed E-state index contributed by atoms with van der Waals surface area (Å²) in [5.74, 6) is 1.09. The molecule has 0 bridgehead atoms. The van der Waals surface area contributed by atoms with Crippen LogP contribution < -0.4 is 21.1 Å². The van der Waals surface area contributed by atoms with Gasteiger partial charge in [-0.15, -0.1) is 0 Å². The van der Waals surface area contributed by atoms with Crippen LogP contribution >= 0.6 is 0 Å². The van der Waals surface area contributed by atoms with E-state index in [9.17, 15) is 4.79 Å². The third-order valence-electron chi connectivity index (χ3n) is 5.56. The average Bonchev–Trinajstić information content (AvgIpc) is 3.22. The Bertz CT molecular complexity index is 1280. The maximum absolute atomic E-state index is 12.3. The van der Waals surface area contributed by atoms with Gasteiger partial charge in [0.1, 0.15) is 11.3 Å². The number of nitrogens with one attached hydrogen (secondary N) is 3. The maximum atomic E-state index is 12.3. The quantitative estimate of drug-likeness (QED) is 0.284. The molecule has 1 unspecified atom stereocenters. The van der Waals surface area contributed by atoms with E-state index in [4.69, 9.17) is 10.5 Å². The molecule has 0 spiro atoms. The third-order valence-corrected chi connectivity index (χ3v) is 5.56. The minimum Gasteiger partial charge on any atom is -0.471 e. The third kappa shape index (κ3) is 5.71. The highest BCUT2D eigenvalue weighted by atomic mass is 16.5.